The van der Waals surface area contributed by atoms with Crippen LogP contribution < -0.4 is 14.9 Å². The normalized spacial score (nSPS) is 10.1. The third-order valence-corrected chi connectivity index (χ3v) is 1.85. The molecule has 0 fully saturated rings. The Balaban J connectivity index is 3.05. The molecule has 0 spiro atoms. The fourth-order valence-corrected chi connectivity index (χ4v) is 1.22. The molecule has 0 bridgehead atoms. The SMILES string of the molecule is CSc1c([O-])on[n+]1N(C)C. The molecule has 11 heavy (non-hydrogen) atoms. The number of nitrogens with zero attached hydrogens (tertiary/aromatic N) is 3. The van der Waals surface area contributed by atoms with Crippen LogP contribution in [0.3, 0.4) is 0 Å². The molecule has 0 N–H and O–H groups in total. The largest absolute Gasteiger partial charge is 0.538 e. The van der Waals surface area contributed by atoms with Crippen LogP contribution in [-0.2, 0) is 0 Å². The Morgan fingerprint density at radius 1 is 1.64 bits per heavy atom. The molecule has 0 aliphatic carbocycles. The molecule has 62 valence electrons. The molecule has 0 atom stereocenters. The second-order valence-electron chi connectivity index (χ2n) is 2.11. The predicted octanol–water partition coefficient (Wildman–Crippen LogP) is -1.04. The van der Waals surface area contributed by atoms with Crippen molar-refractivity contribution in [3.8, 4) is 5.95 Å². The first-order chi connectivity index (χ1) is 5.16. The Morgan fingerprint density at radius 3 is 2.64 bits per heavy atom. The lowest BCUT2D eigenvalue weighted by Gasteiger charge is -1.99. The van der Waals surface area contributed by atoms with E-state index in [1.807, 2.05) is 0 Å². The second kappa shape index (κ2) is 3.00. The fraction of sp³-hybridized carbons (Fsp3) is 0.600. The quantitative estimate of drug-likeness (QED) is 0.424. The average molecular weight is 175 g/mol. The second-order valence-corrected chi connectivity index (χ2v) is 2.90. The van der Waals surface area contributed by atoms with E-state index in [2.05, 4.69) is 9.79 Å². The lowest BCUT2D eigenvalue weighted by atomic mass is 10.9. The van der Waals surface area contributed by atoms with Gasteiger partial charge in [0, 0.05) is 0 Å². The molecular weight excluding hydrogens is 166 g/mol. The molecule has 0 saturated carbocycles. The van der Waals surface area contributed by atoms with E-state index in [1.165, 1.54) is 16.6 Å². The summed E-state index contributed by atoms with van der Waals surface area (Å²) in [7, 11) is 3.56. The van der Waals surface area contributed by atoms with Gasteiger partial charge in [-0.1, -0.05) is 11.8 Å². The summed E-state index contributed by atoms with van der Waals surface area (Å²) in [6.45, 7) is 0. The van der Waals surface area contributed by atoms with Crippen molar-refractivity contribution in [2.45, 2.75) is 5.03 Å². The van der Waals surface area contributed by atoms with Crippen LogP contribution in [0.5, 0.6) is 5.95 Å². The van der Waals surface area contributed by atoms with Crippen molar-refractivity contribution < 1.29 is 14.4 Å². The Labute approximate surface area is 68.5 Å². The van der Waals surface area contributed by atoms with E-state index in [0.717, 1.165) is 0 Å². The van der Waals surface area contributed by atoms with Gasteiger partial charge in [-0.15, -0.1) is 0 Å². The van der Waals surface area contributed by atoms with Crippen molar-refractivity contribution in [2.24, 2.45) is 0 Å². The Hall–Kier alpha value is -0.910. The van der Waals surface area contributed by atoms with E-state index in [0.29, 0.717) is 5.03 Å². The maximum Gasteiger partial charge on any atom is 0.324 e. The summed E-state index contributed by atoms with van der Waals surface area (Å²) in [4.78, 5) is 1.41. The van der Waals surface area contributed by atoms with E-state index in [9.17, 15) is 5.11 Å². The number of hydrogen-bond acceptors (Lipinski definition) is 5. The molecule has 1 aromatic heterocycles. The van der Waals surface area contributed by atoms with Gasteiger partial charge < -0.3 is 9.63 Å². The maximum absolute atomic E-state index is 10.9. The zero-order valence-electron chi connectivity index (χ0n) is 6.57. The molecule has 0 radical (unpaired) electrons. The van der Waals surface area contributed by atoms with Crippen LogP contribution in [0.4, 0.5) is 0 Å². The van der Waals surface area contributed by atoms with E-state index in [-0.39, 0.29) is 0 Å². The number of aromatic nitrogens is 2. The van der Waals surface area contributed by atoms with Crippen LogP contribution in [0.2, 0.25) is 0 Å². The molecule has 0 saturated heterocycles. The van der Waals surface area contributed by atoms with Gasteiger partial charge in [-0.2, -0.15) is 5.01 Å². The van der Waals surface area contributed by atoms with Crippen LogP contribution in [0.25, 0.3) is 0 Å². The first-order valence-electron chi connectivity index (χ1n) is 2.97. The number of rotatable bonds is 2. The highest BCUT2D eigenvalue weighted by molar-refractivity contribution is 7.98. The van der Waals surface area contributed by atoms with Gasteiger partial charge in [0.15, 0.2) is 5.95 Å². The van der Waals surface area contributed by atoms with Crippen LogP contribution in [0.1, 0.15) is 0 Å². The third kappa shape index (κ3) is 1.40. The summed E-state index contributed by atoms with van der Waals surface area (Å²) >= 11 is 1.31. The molecule has 5 nitrogen and oxygen atoms in total. The minimum Gasteiger partial charge on any atom is -0.538 e. The topological polar surface area (TPSA) is 56.2 Å². The van der Waals surface area contributed by atoms with Gasteiger partial charge in [0.1, 0.15) is 5.27 Å². The maximum atomic E-state index is 10.9. The standard InChI is InChI=1S/C5H9N3O2S/c1-7(2)8-4(11-3)5(9)10-6-8/h1-3H3. The first kappa shape index (κ1) is 8.19. The molecule has 1 heterocycles. The van der Waals surface area contributed by atoms with Crippen LogP contribution in [0, 0.1) is 0 Å². The van der Waals surface area contributed by atoms with E-state index >= 15 is 0 Å². The molecule has 0 aliphatic heterocycles. The average Bonchev–Trinajstić information content (AvgIpc) is 2.30. The summed E-state index contributed by atoms with van der Waals surface area (Å²) in [5.74, 6) is -0.397. The minimum absolute atomic E-state index is 0.397. The zero-order valence-corrected chi connectivity index (χ0v) is 7.38. The van der Waals surface area contributed by atoms with Crippen LogP contribution in [-0.4, -0.2) is 25.6 Å². The van der Waals surface area contributed by atoms with Crippen LogP contribution in [0.15, 0.2) is 9.55 Å². The van der Waals surface area contributed by atoms with Crippen molar-refractivity contribution in [3.63, 3.8) is 0 Å². The summed E-state index contributed by atoms with van der Waals surface area (Å²) in [6.07, 6.45) is 1.80. The highest BCUT2D eigenvalue weighted by Crippen LogP contribution is 2.17. The minimum atomic E-state index is -0.397. The fourth-order valence-electron chi connectivity index (χ4n) is 0.653. The van der Waals surface area contributed by atoms with Gasteiger partial charge >= 0.3 is 5.03 Å². The van der Waals surface area contributed by atoms with Crippen molar-refractivity contribution in [1.82, 2.24) is 5.27 Å². The summed E-state index contributed by atoms with van der Waals surface area (Å²) in [6, 6.07) is 0. The van der Waals surface area contributed by atoms with Crippen LogP contribution >= 0.6 is 11.8 Å². The van der Waals surface area contributed by atoms with Gasteiger partial charge in [0.25, 0.3) is 0 Å². The molecule has 1 rings (SSSR count). The Kier molecular flexibility index (Phi) is 2.23. The highest BCUT2D eigenvalue weighted by atomic mass is 32.2. The van der Waals surface area contributed by atoms with E-state index in [4.69, 9.17) is 0 Å². The van der Waals surface area contributed by atoms with Gasteiger partial charge in [-0.05, 0) is 6.26 Å². The number of hydrogen-bond donors (Lipinski definition) is 0. The summed E-state index contributed by atoms with van der Waals surface area (Å²) in [5, 5.41) is 16.5. The molecular formula is C5H9N3O2S. The monoisotopic (exact) mass is 175 g/mol. The molecule has 0 unspecified atom stereocenters. The van der Waals surface area contributed by atoms with Gasteiger partial charge in [0.05, 0.1) is 18.9 Å². The summed E-state index contributed by atoms with van der Waals surface area (Å²) < 4.78 is 4.44. The molecule has 0 amide bonds. The van der Waals surface area contributed by atoms with E-state index in [1.54, 1.807) is 25.4 Å². The Morgan fingerprint density at radius 2 is 2.27 bits per heavy atom. The third-order valence-electron chi connectivity index (χ3n) is 1.13. The lowest BCUT2D eigenvalue weighted by Crippen LogP contribution is -2.55. The molecule has 0 aliphatic rings. The van der Waals surface area contributed by atoms with Crippen molar-refractivity contribution >= 4 is 11.8 Å². The van der Waals surface area contributed by atoms with Gasteiger partial charge in [0.2, 0.25) is 0 Å². The van der Waals surface area contributed by atoms with Gasteiger partial charge in [-0.3, -0.25) is 0 Å². The van der Waals surface area contributed by atoms with Crippen molar-refractivity contribution in [1.29, 1.82) is 0 Å². The van der Waals surface area contributed by atoms with E-state index < -0.39 is 5.95 Å². The lowest BCUT2D eigenvalue weighted by molar-refractivity contribution is -0.785. The van der Waals surface area contributed by atoms with Crippen molar-refractivity contribution in [3.05, 3.63) is 0 Å². The molecule has 1 aromatic rings. The van der Waals surface area contributed by atoms with Gasteiger partial charge in [-0.25, -0.2) is 0 Å². The number of thioether (sulfide) groups is 1. The zero-order chi connectivity index (χ0) is 8.43. The smallest absolute Gasteiger partial charge is 0.324 e. The van der Waals surface area contributed by atoms with Crippen molar-refractivity contribution in [2.75, 3.05) is 25.4 Å². The highest BCUT2D eigenvalue weighted by Gasteiger charge is 2.17. The summed E-state index contributed by atoms with van der Waals surface area (Å²) in [5.41, 5.74) is 0. The Bertz CT molecular complexity index is 248. The molecule has 0 aromatic carbocycles. The molecule has 6 heteroatoms. The predicted molar refractivity (Wildman–Crippen MR) is 38.0 cm³/mol. The first-order valence-corrected chi connectivity index (χ1v) is 4.20.